The van der Waals surface area contributed by atoms with Crippen molar-refractivity contribution in [2.24, 2.45) is 0 Å². The molecule has 54 heavy (non-hydrogen) atoms. The molecule has 5 nitrogen and oxygen atoms in total. The Morgan fingerprint density at radius 3 is 1.80 bits per heavy atom. The molecule has 6 heteroatoms. The van der Waals surface area contributed by atoms with E-state index in [-0.39, 0.29) is 0 Å². The van der Waals surface area contributed by atoms with Gasteiger partial charge in [0.25, 0.3) is 0 Å². The number of benzene rings is 8. The summed E-state index contributed by atoms with van der Waals surface area (Å²) in [5.74, 6) is 2.30. The van der Waals surface area contributed by atoms with Crippen LogP contribution in [0.25, 0.3) is 110 Å². The van der Waals surface area contributed by atoms with Crippen LogP contribution in [0.2, 0.25) is 0 Å². The van der Waals surface area contributed by atoms with E-state index in [0.29, 0.717) is 28.9 Å². The lowest BCUT2D eigenvalue weighted by Gasteiger charge is -2.11. The topological polar surface area (TPSA) is 64.7 Å². The lowest BCUT2D eigenvalue weighted by Crippen LogP contribution is -2.01. The van der Waals surface area contributed by atoms with Crippen molar-refractivity contribution in [3.63, 3.8) is 0 Å². The molecule has 11 aromatic rings. The molecule has 0 atom stereocenters. The van der Waals surface area contributed by atoms with Crippen LogP contribution in [-0.4, -0.2) is 19.9 Å². The highest BCUT2D eigenvalue weighted by Crippen LogP contribution is 2.45. The summed E-state index contributed by atoms with van der Waals surface area (Å²) in [5, 5.41) is 7.00. The predicted octanol–water partition coefficient (Wildman–Crippen LogP) is 13.0. The molecule has 0 saturated carbocycles. The molecule has 11 rings (SSSR count). The molecule has 3 aromatic heterocycles. The maximum Gasteiger partial charge on any atom is 0.227 e. The summed E-state index contributed by atoms with van der Waals surface area (Å²) in [6.07, 6.45) is 0. The quantitative estimate of drug-likeness (QED) is 0.167. The standard InChI is InChI=1S/C48H28N4OS/c1-3-11-29(12-4-1)30-19-22-33(23-20-30)48-49-43-40(53-48)28-39-38-17-9-10-18-41(38)54-44(39)42(43)47-51-45(32-14-5-2-6-15-32)50-46(52-47)35-25-26-37-34(27-35)24-21-31-13-7-8-16-36(31)37/h1-28H. The summed E-state index contributed by atoms with van der Waals surface area (Å²) in [4.78, 5) is 20.8. The third-order valence-electron chi connectivity index (χ3n) is 10.2. The normalized spacial score (nSPS) is 11.7. The summed E-state index contributed by atoms with van der Waals surface area (Å²) in [6, 6.07) is 58.8. The molecule has 0 amide bonds. The van der Waals surface area contributed by atoms with Crippen LogP contribution in [0.1, 0.15) is 0 Å². The third kappa shape index (κ3) is 5.07. The van der Waals surface area contributed by atoms with E-state index in [1.165, 1.54) is 20.9 Å². The molecule has 0 fully saturated rings. The summed E-state index contributed by atoms with van der Waals surface area (Å²) >= 11 is 1.73. The molecule has 0 N–H and O–H groups in total. The number of thiophene rings is 1. The minimum atomic E-state index is 0.548. The van der Waals surface area contributed by atoms with Crippen LogP contribution in [0.5, 0.6) is 0 Å². The molecule has 0 spiro atoms. The molecule has 252 valence electrons. The summed E-state index contributed by atoms with van der Waals surface area (Å²) in [5.41, 5.74) is 7.27. The van der Waals surface area contributed by atoms with E-state index in [4.69, 9.17) is 24.4 Å². The Morgan fingerprint density at radius 1 is 0.389 bits per heavy atom. The van der Waals surface area contributed by atoms with Crippen molar-refractivity contribution in [3.05, 3.63) is 170 Å². The average molecular weight is 709 g/mol. The number of hydrogen-bond donors (Lipinski definition) is 0. The number of nitrogens with zero attached hydrogens (tertiary/aromatic N) is 4. The monoisotopic (exact) mass is 708 g/mol. The zero-order valence-corrected chi connectivity index (χ0v) is 29.6. The van der Waals surface area contributed by atoms with Gasteiger partial charge in [-0.1, -0.05) is 140 Å². The van der Waals surface area contributed by atoms with Gasteiger partial charge in [-0.3, -0.25) is 0 Å². The fourth-order valence-electron chi connectivity index (χ4n) is 7.49. The van der Waals surface area contributed by atoms with E-state index in [0.717, 1.165) is 59.8 Å². The van der Waals surface area contributed by atoms with Crippen molar-refractivity contribution in [2.45, 2.75) is 0 Å². The van der Waals surface area contributed by atoms with Crippen molar-refractivity contribution in [1.29, 1.82) is 0 Å². The molecule has 0 radical (unpaired) electrons. The van der Waals surface area contributed by atoms with Crippen LogP contribution in [0.3, 0.4) is 0 Å². The molecular weight excluding hydrogens is 681 g/mol. The van der Waals surface area contributed by atoms with Gasteiger partial charge in [0, 0.05) is 36.9 Å². The van der Waals surface area contributed by atoms with Crippen molar-refractivity contribution in [2.75, 3.05) is 0 Å². The Labute approximate surface area is 313 Å². The second-order valence-corrected chi connectivity index (χ2v) is 14.5. The van der Waals surface area contributed by atoms with E-state index >= 15 is 0 Å². The van der Waals surface area contributed by atoms with Crippen molar-refractivity contribution >= 4 is 64.2 Å². The highest BCUT2D eigenvalue weighted by molar-refractivity contribution is 7.26. The van der Waals surface area contributed by atoms with Gasteiger partial charge in [-0.05, 0) is 63.0 Å². The number of hydrogen-bond acceptors (Lipinski definition) is 6. The minimum Gasteiger partial charge on any atom is -0.436 e. The predicted molar refractivity (Wildman–Crippen MR) is 222 cm³/mol. The van der Waals surface area contributed by atoms with Crippen LogP contribution < -0.4 is 0 Å². The van der Waals surface area contributed by atoms with Gasteiger partial charge in [0.1, 0.15) is 5.52 Å². The van der Waals surface area contributed by atoms with Gasteiger partial charge in [-0.25, -0.2) is 19.9 Å². The van der Waals surface area contributed by atoms with Gasteiger partial charge in [-0.2, -0.15) is 0 Å². The Kier molecular flexibility index (Phi) is 6.97. The third-order valence-corrected chi connectivity index (χ3v) is 11.4. The largest absolute Gasteiger partial charge is 0.436 e. The molecule has 0 aliphatic carbocycles. The van der Waals surface area contributed by atoms with Crippen LogP contribution in [0.15, 0.2) is 174 Å². The zero-order chi connectivity index (χ0) is 35.6. The fourth-order valence-corrected chi connectivity index (χ4v) is 8.72. The van der Waals surface area contributed by atoms with Crippen molar-refractivity contribution < 1.29 is 4.42 Å². The molecule has 0 unspecified atom stereocenters. The average Bonchev–Trinajstić information content (AvgIpc) is 3.84. The maximum absolute atomic E-state index is 6.62. The fraction of sp³-hybridized carbons (Fsp3) is 0. The first-order valence-electron chi connectivity index (χ1n) is 17.9. The zero-order valence-electron chi connectivity index (χ0n) is 28.8. The lowest BCUT2D eigenvalue weighted by molar-refractivity contribution is 0.620. The van der Waals surface area contributed by atoms with Gasteiger partial charge in [0.15, 0.2) is 23.1 Å². The highest BCUT2D eigenvalue weighted by Gasteiger charge is 2.23. The van der Waals surface area contributed by atoms with E-state index in [1.54, 1.807) is 11.3 Å². The van der Waals surface area contributed by atoms with Gasteiger partial charge < -0.3 is 4.42 Å². The van der Waals surface area contributed by atoms with Crippen LogP contribution >= 0.6 is 11.3 Å². The highest BCUT2D eigenvalue weighted by atomic mass is 32.1. The van der Waals surface area contributed by atoms with Gasteiger partial charge in [0.05, 0.1) is 5.56 Å². The first-order chi connectivity index (χ1) is 26.7. The van der Waals surface area contributed by atoms with Crippen LogP contribution in [0, 0.1) is 0 Å². The molecule has 3 heterocycles. The number of oxazole rings is 1. The number of rotatable bonds is 5. The second-order valence-electron chi connectivity index (χ2n) is 13.4. The van der Waals surface area contributed by atoms with Crippen LogP contribution in [-0.2, 0) is 0 Å². The second kappa shape index (κ2) is 12.3. The Hall–Kier alpha value is -7.02. The first-order valence-corrected chi connectivity index (χ1v) is 18.7. The van der Waals surface area contributed by atoms with E-state index in [2.05, 4.69) is 133 Å². The maximum atomic E-state index is 6.62. The van der Waals surface area contributed by atoms with Gasteiger partial charge in [-0.15, -0.1) is 11.3 Å². The Balaban J connectivity index is 1.15. The smallest absolute Gasteiger partial charge is 0.227 e. The minimum absolute atomic E-state index is 0.548. The molecule has 0 bridgehead atoms. The summed E-state index contributed by atoms with van der Waals surface area (Å²) in [6.45, 7) is 0. The SMILES string of the molecule is c1ccc(-c2ccc(-c3nc4c(-c5nc(-c6ccccc6)nc(-c6ccc7c(ccc8ccccc87)c6)n5)c5sc6ccccc6c5cc4o3)cc2)cc1. The van der Waals surface area contributed by atoms with E-state index < -0.39 is 0 Å². The molecule has 8 aromatic carbocycles. The summed E-state index contributed by atoms with van der Waals surface area (Å²) in [7, 11) is 0. The molecule has 0 saturated heterocycles. The van der Waals surface area contributed by atoms with E-state index in [1.807, 2.05) is 36.4 Å². The molecule has 0 aliphatic heterocycles. The van der Waals surface area contributed by atoms with Crippen molar-refractivity contribution in [1.82, 2.24) is 19.9 Å². The van der Waals surface area contributed by atoms with Crippen LogP contribution in [0.4, 0.5) is 0 Å². The summed E-state index contributed by atoms with van der Waals surface area (Å²) < 4.78 is 8.86. The molecular formula is C48H28N4OS. The lowest BCUT2D eigenvalue weighted by atomic mass is 10.00. The van der Waals surface area contributed by atoms with Crippen molar-refractivity contribution in [3.8, 4) is 56.7 Å². The first kappa shape index (κ1) is 30.6. The van der Waals surface area contributed by atoms with E-state index in [9.17, 15) is 0 Å². The van der Waals surface area contributed by atoms with Gasteiger partial charge >= 0.3 is 0 Å². The molecule has 0 aliphatic rings. The Morgan fingerprint density at radius 2 is 0.981 bits per heavy atom. The number of fused-ring (bicyclic) bond motifs is 7. The Bertz CT molecular complexity index is 3210. The van der Waals surface area contributed by atoms with Gasteiger partial charge in [0.2, 0.25) is 5.89 Å². The number of aromatic nitrogens is 4.